The molecule has 1 aliphatic heterocycles. The van der Waals surface area contributed by atoms with Crippen LogP contribution >= 0.6 is 34.2 Å². The van der Waals surface area contributed by atoms with Crippen LogP contribution in [0.2, 0.25) is 5.15 Å². The van der Waals surface area contributed by atoms with E-state index >= 15 is 0 Å². The third-order valence-electron chi connectivity index (χ3n) is 2.53. The maximum Gasteiger partial charge on any atom is 0.146 e. The predicted molar refractivity (Wildman–Crippen MR) is 67.3 cm³/mol. The predicted octanol–water partition coefficient (Wildman–Crippen LogP) is 2.80. The minimum atomic E-state index is 0.324. The van der Waals surface area contributed by atoms with Gasteiger partial charge in [-0.05, 0) is 35.4 Å². The van der Waals surface area contributed by atoms with Gasteiger partial charge < -0.3 is 4.74 Å². The van der Waals surface area contributed by atoms with Crippen molar-refractivity contribution in [2.75, 3.05) is 13.2 Å². The number of halogens is 2. The van der Waals surface area contributed by atoms with E-state index in [1.807, 2.05) is 0 Å². The number of rotatable bonds is 2. The van der Waals surface area contributed by atoms with Gasteiger partial charge in [-0.3, -0.25) is 0 Å². The van der Waals surface area contributed by atoms with E-state index in [1.54, 1.807) is 0 Å². The fourth-order valence-electron chi connectivity index (χ4n) is 1.64. The van der Waals surface area contributed by atoms with Crippen LogP contribution in [-0.4, -0.2) is 23.2 Å². The van der Waals surface area contributed by atoms with Gasteiger partial charge in [0, 0.05) is 12.5 Å². The minimum absolute atomic E-state index is 0.324. The van der Waals surface area contributed by atoms with Crippen LogP contribution in [0.5, 0.6) is 0 Å². The van der Waals surface area contributed by atoms with Crippen LogP contribution in [-0.2, 0) is 11.2 Å². The van der Waals surface area contributed by atoms with Crippen molar-refractivity contribution < 1.29 is 4.74 Å². The van der Waals surface area contributed by atoms with Gasteiger partial charge in [-0.2, -0.15) is 0 Å². The van der Waals surface area contributed by atoms with Gasteiger partial charge >= 0.3 is 0 Å². The summed E-state index contributed by atoms with van der Waals surface area (Å²) in [6.45, 7) is 3.61. The monoisotopic (exact) mass is 338 g/mol. The highest BCUT2D eigenvalue weighted by atomic mass is 127. The smallest absolute Gasteiger partial charge is 0.146 e. The third-order valence-corrected chi connectivity index (χ3v) is 4.25. The van der Waals surface area contributed by atoms with E-state index in [9.17, 15) is 0 Å². The Morgan fingerprint density at radius 3 is 2.93 bits per heavy atom. The van der Waals surface area contributed by atoms with Crippen molar-refractivity contribution in [3.05, 3.63) is 20.2 Å². The average Bonchev–Trinajstić information content (AvgIpc) is 2.75. The number of ether oxygens (including phenoxy) is 1. The normalized spacial score (nSPS) is 20.9. The molecular formula is C10H12ClIN2O. The summed E-state index contributed by atoms with van der Waals surface area (Å²) in [5.74, 6) is 1.17. The molecule has 5 heteroatoms. The first kappa shape index (κ1) is 11.5. The largest absolute Gasteiger partial charge is 0.381 e. The third kappa shape index (κ3) is 2.42. The highest BCUT2D eigenvalue weighted by Gasteiger charge is 2.22. The molecule has 0 bridgehead atoms. The summed E-state index contributed by atoms with van der Waals surface area (Å²) in [7, 11) is 0. The molecule has 1 unspecified atom stereocenters. The van der Waals surface area contributed by atoms with E-state index in [1.165, 1.54) is 0 Å². The molecule has 0 spiro atoms. The average molecular weight is 339 g/mol. The van der Waals surface area contributed by atoms with E-state index in [2.05, 4.69) is 39.5 Å². The molecular weight excluding hydrogens is 326 g/mol. The molecule has 1 aromatic rings. The van der Waals surface area contributed by atoms with Gasteiger partial charge in [0.2, 0.25) is 0 Å². The first-order chi connectivity index (χ1) is 7.22. The number of hydrogen-bond donors (Lipinski definition) is 0. The lowest BCUT2D eigenvalue weighted by atomic mass is 10.1. The van der Waals surface area contributed by atoms with Gasteiger partial charge in [-0.15, -0.1) is 0 Å². The van der Waals surface area contributed by atoms with Gasteiger partial charge in [-0.25, -0.2) is 9.97 Å². The molecule has 0 N–H and O–H groups in total. The van der Waals surface area contributed by atoms with Gasteiger partial charge in [0.05, 0.1) is 15.9 Å². The van der Waals surface area contributed by atoms with E-state index < -0.39 is 0 Å². The summed E-state index contributed by atoms with van der Waals surface area (Å²) in [4.78, 5) is 8.88. The maximum atomic E-state index is 6.08. The lowest BCUT2D eigenvalue weighted by molar-refractivity contribution is 0.193. The molecule has 0 amide bonds. The molecule has 0 aliphatic carbocycles. The molecule has 2 heterocycles. The molecule has 2 rings (SSSR count). The summed E-state index contributed by atoms with van der Waals surface area (Å²) in [6.07, 6.45) is 1.89. The molecule has 1 aromatic heterocycles. The second kappa shape index (κ2) is 4.93. The SMILES string of the molecule is CCc1nc(C2CCOC2)nc(Cl)c1I. The van der Waals surface area contributed by atoms with Gasteiger partial charge in [0.1, 0.15) is 11.0 Å². The lowest BCUT2D eigenvalue weighted by Crippen LogP contribution is -2.08. The number of hydrogen-bond acceptors (Lipinski definition) is 3. The summed E-state index contributed by atoms with van der Waals surface area (Å²) < 4.78 is 6.30. The van der Waals surface area contributed by atoms with Crippen LogP contribution in [0, 0.1) is 3.57 Å². The number of aryl methyl sites for hydroxylation is 1. The Labute approximate surface area is 108 Å². The molecule has 1 atom stereocenters. The van der Waals surface area contributed by atoms with Crippen LogP contribution < -0.4 is 0 Å². The van der Waals surface area contributed by atoms with Crippen LogP contribution in [0.1, 0.15) is 30.8 Å². The van der Waals surface area contributed by atoms with Crippen molar-refractivity contribution in [1.82, 2.24) is 9.97 Å². The second-order valence-corrected chi connectivity index (χ2v) is 4.98. The maximum absolute atomic E-state index is 6.08. The zero-order valence-corrected chi connectivity index (χ0v) is 11.4. The summed E-state index contributed by atoms with van der Waals surface area (Å²) >= 11 is 8.27. The Balaban J connectivity index is 2.35. The molecule has 0 radical (unpaired) electrons. The summed E-state index contributed by atoms with van der Waals surface area (Å²) in [5.41, 5.74) is 1.04. The van der Waals surface area contributed by atoms with Crippen molar-refractivity contribution in [2.45, 2.75) is 25.7 Å². The van der Waals surface area contributed by atoms with E-state index in [0.717, 1.165) is 41.1 Å². The fraction of sp³-hybridized carbons (Fsp3) is 0.600. The van der Waals surface area contributed by atoms with E-state index in [4.69, 9.17) is 16.3 Å². The van der Waals surface area contributed by atoms with Crippen molar-refractivity contribution in [1.29, 1.82) is 0 Å². The van der Waals surface area contributed by atoms with E-state index in [-0.39, 0.29) is 0 Å². The molecule has 1 saturated heterocycles. The quantitative estimate of drug-likeness (QED) is 0.614. The molecule has 15 heavy (non-hydrogen) atoms. The molecule has 1 fully saturated rings. The first-order valence-corrected chi connectivity index (χ1v) is 6.47. The van der Waals surface area contributed by atoms with E-state index in [0.29, 0.717) is 11.1 Å². The zero-order valence-electron chi connectivity index (χ0n) is 8.46. The Bertz CT molecular complexity index is 367. The summed E-state index contributed by atoms with van der Waals surface area (Å²) in [6, 6.07) is 0. The second-order valence-electron chi connectivity index (χ2n) is 3.55. The molecule has 0 saturated carbocycles. The van der Waals surface area contributed by atoms with Crippen molar-refractivity contribution >= 4 is 34.2 Å². The Kier molecular flexibility index (Phi) is 3.79. The lowest BCUT2D eigenvalue weighted by Gasteiger charge is -2.10. The van der Waals surface area contributed by atoms with Gasteiger partial charge in [0.15, 0.2) is 0 Å². The first-order valence-electron chi connectivity index (χ1n) is 5.02. The highest BCUT2D eigenvalue weighted by molar-refractivity contribution is 14.1. The number of aromatic nitrogens is 2. The van der Waals surface area contributed by atoms with Crippen molar-refractivity contribution in [3.63, 3.8) is 0 Å². The molecule has 3 nitrogen and oxygen atoms in total. The fourth-order valence-corrected chi connectivity index (χ4v) is 2.45. The Morgan fingerprint density at radius 1 is 1.53 bits per heavy atom. The number of nitrogens with zero attached hydrogens (tertiary/aromatic N) is 2. The van der Waals surface area contributed by atoms with Crippen molar-refractivity contribution in [2.24, 2.45) is 0 Å². The highest BCUT2D eigenvalue weighted by Crippen LogP contribution is 2.26. The minimum Gasteiger partial charge on any atom is -0.381 e. The molecule has 82 valence electrons. The van der Waals surface area contributed by atoms with Crippen LogP contribution in [0.3, 0.4) is 0 Å². The van der Waals surface area contributed by atoms with Gasteiger partial charge in [-0.1, -0.05) is 18.5 Å². The molecule has 1 aliphatic rings. The van der Waals surface area contributed by atoms with Crippen LogP contribution in [0.25, 0.3) is 0 Å². The van der Waals surface area contributed by atoms with Gasteiger partial charge in [0.25, 0.3) is 0 Å². The Morgan fingerprint density at radius 2 is 2.33 bits per heavy atom. The van der Waals surface area contributed by atoms with Crippen molar-refractivity contribution in [3.8, 4) is 0 Å². The molecule has 0 aromatic carbocycles. The zero-order chi connectivity index (χ0) is 10.8. The Hall–Kier alpha value is 0.0600. The standard InChI is InChI=1S/C10H12ClIN2O/c1-2-7-8(12)9(11)14-10(13-7)6-3-4-15-5-6/h6H,2-5H2,1H3. The van der Waals surface area contributed by atoms with Crippen LogP contribution in [0.15, 0.2) is 0 Å². The topological polar surface area (TPSA) is 35.0 Å². The summed E-state index contributed by atoms with van der Waals surface area (Å²) in [5, 5.41) is 0.573. The van der Waals surface area contributed by atoms with Crippen LogP contribution in [0.4, 0.5) is 0 Å².